The first kappa shape index (κ1) is 23.4. The summed E-state index contributed by atoms with van der Waals surface area (Å²) in [4.78, 5) is 17.5. The number of ether oxygens (including phenoxy) is 1. The van der Waals surface area contributed by atoms with Crippen LogP contribution in [-0.4, -0.2) is 31.8 Å². The summed E-state index contributed by atoms with van der Waals surface area (Å²) in [5.74, 6) is 1.59. The summed E-state index contributed by atoms with van der Waals surface area (Å²) in [5, 5.41) is 8.92. The average molecular weight is 480 g/mol. The van der Waals surface area contributed by atoms with Gasteiger partial charge in [-0.3, -0.25) is 4.79 Å². The molecule has 3 aromatic heterocycles. The fourth-order valence-electron chi connectivity index (χ4n) is 4.35. The van der Waals surface area contributed by atoms with E-state index in [0.717, 1.165) is 45.0 Å². The molecule has 7 heteroatoms. The smallest absolute Gasteiger partial charge is 0.251 e. The number of carbonyl (C=O) groups excluding carboxylic acids is 1. The molecule has 0 atom stereocenters. The third-order valence-electron chi connectivity index (χ3n) is 6.09. The van der Waals surface area contributed by atoms with Gasteiger partial charge in [0.2, 0.25) is 0 Å². The molecular formula is C29H29N5O2. The van der Waals surface area contributed by atoms with Gasteiger partial charge in [0.25, 0.3) is 5.91 Å². The van der Waals surface area contributed by atoms with Crippen LogP contribution >= 0.6 is 0 Å². The Morgan fingerprint density at radius 1 is 0.972 bits per heavy atom. The van der Waals surface area contributed by atoms with Gasteiger partial charge in [-0.15, -0.1) is 0 Å². The predicted molar refractivity (Wildman–Crippen MR) is 141 cm³/mol. The van der Waals surface area contributed by atoms with Crippen molar-refractivity contribution >= 4 is 16.9 Å². The number of aryl methyl sites for hydroxylation is 2. The standard InChI is InChI=1S/C29H29N5O2/c1-4-36-25-13-9-22(10-14-25)18-30-29(35)24-11-7-23(8-12-24)19-34-27-26(20(2)17-21(3)31-27)28(32-34)33-15-5-6-16-33/h5-17H,4,18-19H2,1-3H3,(H,30,35). The third kappa shape index (κ3) is 4.86. The second kappa shape index (κ2) is 10.1. The van der Waals surface area contributed by atoms with E-state index < -0.39 is 0 Å². The molecule has 5 rings (SSSR count). The quantitative estimate of drug-likeness (QED) is 0.331. The molecule has 182 valence electrons. The number of aromatic nitrogens is 4. The van der Waals surface area contributed by atoms with Crippen LogP contribution in [0.2, 0.25) is 0 Å². The van der Waals surface area contributed by atoms with Gasteiger partial charge >= 0.3 is 0 Å². The van der Waals surface area contributed by atoms with E-state index in [0.29, 0.717) is 25.3 Å². The highest BCUT2D eigenvalue weighted by molar-refractivity contribution is 5.94. The summed E-state index contributed by atoms with van der Waals surface area (Å²) in [6.07, 6.45) is 3.98. The molecule has 1 amide bonds. The number of hydrogen-bond donors (Lipinski definition) is 1. The van der Waals surface area contributed by atoms with Crippen LogP contribution in [0.15, 0.2) is 79.1 Å². The zero-order valence-electron chi connectivity index (χ0n) is 20.7. The minimum Gasteiger partial charge on any atom is -0.494 e. The van der Waals surface area contributed by atoms with Crippen molar-refractivity contribution in [2.45, 2.75) is 33.9 Å². The molecule has 3 heterocycles. The molecule has 0 aliphatic carbocycles. The van der Waals surface area contributed by atoms with Crippen molar-refractivity contribution in [2.24, 2.45) is 0 Å². The second-order valence-electron chi connectivity index (χ2n) is 8.81. The number of carbonyl (C=O) groups is 1. The average Bonchev–Trinajstić information content (AvgIpc) is 3.53. The highest BCUT2D eigenvalue weighted by Gasteiger charge is 2.16. The molecule has 0 bridgehead atoms. The Bertz CT molecular complexity index is 1480. The lowest BCUT2D eigenvalue weighted by Gasteiger charge is -2.08. The van der Waals surface area contributed by atoms with E-state index >= 15 is 0 Å². The van der Waals surface area contributed by atoms with Crippen LogP contribution in [0, 0.1) is 13.8 Å². The molecule has 0 fully saturated rings. The third-order valence-corrected chi connectivity index (χ3v) is 6.09. The van der Waals surface area contributed by atoms with Crippen LogP contribution in [0.3, 0.4) is 0 Å². The lowest BCUT2D eigenvalue weighted by atomic mass is 10.1. The van der Waals surface area contributed by atoms with Crippen molar-refractivity contribution in [1.29, 1.82) is 0 Å². The first-order chi connectivity index (χ1) is 17.5. The van der Waals surface area contributed by atoms with E-state index in [1.54, 1.807) is 0 Å². The molecule has 0 radical (unpaired) electrons. The van der Waals surface area contributed by atoms with Gasteiger partial charge in [0.05, 0.1) is 18.5 Å². The summed E-state index contributed by atoms with van der Waals surface area (Å²) in [6.45, 7) is 7.69. The zero-order chi connectivity index (χ0) is 25.1. The number of amides is 1. The van der Waals surface area contributed by atoms with E-state index in [2.05, 4.69) is 18.3 Å². The molecule has 0 spiro atoms. The summed E-state index contributed by atoms with van der Waals surface area (Å²) < 4.78 is 9.42. The maximum absolute atomic E-state index is 12.7. The van der Waals surface area contributed by atoms with Gasteiger partial charge in [-0.25, -0.2) is 9.67 Å². The highest BCUT2D eigenvalue weighted by atomic mass is 16.5. The van der Waals surface area contributed by atoms with Gasteiger partial charge in [-0.05, 0) is 79.9 Å². The monoisotopic (exact) mass is 479 g/mol. The van der Waals surface area contributed by atoms with Crippen LogP contribution in [-0.2, 0) is 13.1 Å². The molecule has 5 aromatic rings. The number of pyridine rings is 1. The maximum atomic E-state index is 12.7. The molecule has 0 aliphatic heterocycles. The Hall–Kier alpha value is -4.39. The van der Waals surface area contributed by atoms with Crippen LogP contribution < -0.4 is 10.1 Å². The molecule has 0 aliphatic rings. The second-order valence-corrected chi connectivity index (χ2v) is 8.81. The number of nitrogens with zero attached hydrogens (tertiary/aromatic N) is 4. The molecule has 7 nitrogen and oxygen atoms in total. The van der Waals surface area contributed by atoms with E-state index in [1.165, 1.54) is 0 Å². The van der Waals surface area contributed by atoms with Gasteiger partial charge in [0, 0.05) is 30.2 Å². The fraction of sp³-hybridized carbons (Fsp3) is 0.207. The minimum absolute atomic E-state index is 0.109. The Kier molecular flexibility index (Phi) is 6.54. The molecule has 2 aromatic carbocycles. The summed E-state index contributed by atoms with van der Waals surface area (Å²) >= 11 is 0. The predicted octanol–water partition coefficient (Wildman–Crippen LogP) is 5.22. The van der Waals surface area contributed by atoms with Crippen molar-refractivity contribution in [1.82, 2.24) is 24.6 Å². The van der Waals surface area contributed by atoms with E-state index in [4.69, 9.17) is 14.8 Å². The van der Waals surface area contributed by atoms with Crippen molar-refractivity contribution < 1.29 is 9.53 Å². The van der Waals surface area contributed by atoms with E-state index in [-0.39, 0.29) is 5.91 Å². The van der Waals surface area contributed by atoms with Gasteiger partial charge in [-0.2, -0.15) is 5.10 Å². The Morgan fingerprint density at radius 3 is 2.36 bits per heavy atom. The summed E-state index contributed by atoms with van der Waals surface area (Å²) in [6, 6.07) is 21.5. The minimum atomic E-state index is -0.109. The Balaban J connectivity index is 1.31. The number of nitrogens with one attached hydrogen (secondary N) is 1. The highest BCUT2D eigenvalue weighted by Crippen LogP contribution is 2.26. The van der Waals surface area contributed by atoms with E-state index in [9.17, 15) is 4.79 Å². The lowest BCUT2D eigenvalue weighted by molar-refractivity contribution is 0.0951. The molecular weight excluding hydrogens is 450 g/mol. The molecule has 0 saturated carbocycles. The summed E-state index contributed by atoms with van der Waals surface area (Å²) in [7, 11) is 0. The van der Waals surface area contributed by atoms with Gasteiger partial charge < -0.3 is 14.6 Å². The Morgan fingerprint density at radius 2 is 1.67 bits per heavy atom. The van der Waals surface area contributed by atoms with Crippen LogP contribution in [0.25, 0.3) is 16.9 Å². The molecule has 0 unspecified atom stereocenters. The number of benzene rings is 2. The van der Waals surface area contributed by atoms with Crippen molar-refractivity contribution in [3.63, 3.8) is 0 Å². The van der Waals surface area contributed by atoms with Crippen molar-refractivity contribution in [3.8, 4) is 11.6 Å². The SMILES string of the molecule is CCOc1ccc(CNC(=O)c2ccc(Cn3nc(-n4cccc4)c4c(C)cc(C)nc43)cc2)cc1. The van der Waals surface area contributed by atoms with Crippen LogP contribution in [0.4, 0.5) is 0 Å². The van der Waals surface area contributed by atoms with Crippen molar-refractivity contribution in [3.05, 3.63) is 107 Å². The molecule has 0 saturated heterocycles. The zero-order valence-corrected chi connectivity index (χ0v) is 20.7. The first-order valence-corrected chi connectivity index (χ1v) is 12.1. The molecule has 36 heavy (non-hydrogen) atoms. The number of fused-ring (bicyclic) bond motifs is 1. The largest absolute Gasteiger partial charge is 0.494 e. The molecule has 1 N–H and O–H groups in total. The van der Waals surface area contributed by atoms with Gasteiger partial charge in [0.15, 0.2) is 11.5 Å². The normalized spacial score (nSPS) is 11.1. The van der Waals surface area contributed by atoms with Crippen LogP contribution in [0.1, 0.15) is 39.7 Å². The maximum Gasteiger partial charge on any atom is 0.251 e. The Labute approximate surface area is 210 Å². The van der Waals surface area contributed by atoms with Gasteiger partial charge in [0.1, 0.15) is 5.75 Å². The van der Waals surface area contributed by atoms with Crippen LogP contribution in [0.5, 0.6) is 5.75 Å². The number of rotatable bonds is 8. The first-order valence-electron chi connectivity index (χ1n) is 12.1. The van der Waals surface area contributed by atoms with Crippen molar-refractivity contribution in [2.75, 3.05) is 6.61 Å². The lowest BCUT2D eigenvalue weighted by Crippen LogP contribution is -2.22. The fourth-order valence-corrected chi connectivity index (χ4v) is 4.35. The number of hydrogen-bond acceptors (Lipinski definition) is 4. The van der Waals surface area contributed by atoms with E-state index in [1.807, 2.05) is 96.2 Å². The topological polar surface area (TPSA) is 74.0 Å². The van der Waals surface area contributed by atoms with Gasteiger partial charge in [-0.1, -0.05) is 24.3 Å². The summed E-state index contributed by atoms with van der Waals surface area (Å²) in [5.41, 5.74) is 5.64.